The van der Waals surface area contributed by atoms with Crippen LogP contribution in [-0.2, 0) is 17.8 Å². The van der Waals surface area contributed by atoms with Gasteiger partial charge in [0.1, 0.15) is 17.1 Å². The Kier molecular flexibility index (Phi) is 5.45. The fraction of sp³-hybridized carbons (Fsp3) is 0.423. The highest BCUT2D eigenvalue weighted by atomic mass is 16.5. The van der Waals surface area contributed by atoms with E-state index < -0.39 is 0 Å². The zero-order valence-electron chi connectivity index (χ0n) is 18.1. The number of rotatable bonds is 7. The van der Waals surface area contributed by atoms with Crippen LogP contribution in [-0.4, -0.2) is 37.6 Å². The smallest absolute Gasteiger partial charge is 0.223 e. The molecule has 0 unspecified atom stereocenters. The first-order valence-corrected chi connectivity index (χ1v) is 11.3. The van der Waals surface area contributed by atoms with Crippen LogP contribution in [0.4, 0.5) is 0 Å². The van der Waals surface area contributed by atoms with Gasteiger partial charge in [-0.15, -0.1) is 0 Å². The number of furan rings is 1. The molecule has 31 heavy (non-hydrogen) atoms. The molecular weight excluding hydrogens is 388 g/mol. The third-order valence-electron chi connectivity index (χ3n) is 7.10. The van der Waals surface area contributed by atoms with Crippen LogP contribution in [0.1, 0.15) is 30.6 Å². The number of piperidine rings is 1. The van der Waals surface area contributed by atoms with Crippen molar-refractivity contribution < 1.29 is 13.9 Å². The summed E-state index contributed by atoms with van der Waals surface area (Å²) in [4.78, 5) is 15.2. The third kappa shape index (κ3) is 4.19. The Morgan fingerprint density at radius 3 is 2.74 bits per heavy atom. The fourth-order valence-corrected chi connectivity index (χ4v) is 5.12. The molecule has 162 valence electrons. The molecule has 1 saturated carbocycles. The van der Waals surface area contributed by atoms with E-state index in [0.717, 1.165) is 73.4 Å². The number of fused-ring (bicyclic) bond motifs is 1. The van der Waals surface area contributed by atoms with Crippen molar-refractivity contribution in [2.45, 2.75) is 32.2 Å². The van der Waals surface area contributed by atoms with Gasteiger partial charge >= 0.3 is 0 Å². The Labute approximate surface area is 183 Å². The third-order valence-corrected chi connectivity index (χ3v) is 7.10. The lowest BCUT2D eigenvalue weighted by molar-refractivity contribution is -0.123. The predicted octanol–water partition coefficient (Wildman–Crippen LogP) is 4.40. The molecule has 0 radical (unpaired) electrons. The van der Waals surface area contributed by atoms with Gasteiger partial charge in [-0.1, -0.05) is 36.4 Å². The SMILES string of the molecule is COc1ccccc1CCNC(=O)[C@H]1CC12CCN(Cc1cc3ccccc3o1)CC2. The number of hydrogen-bond acceptors (Lipinski definition) is 4. The van der Waals surface area contributed by atoms with Gasteiger partial charge in [-0.05, 0) is 68.0 Å². The van der Waals surface area contributed by atoms with Crippen molar-refractivity contribution in [1.82, 2.24) is 10.2 Å². The standard InChI is InChI=1S/C26H30N2O3/c1-30-23-8-4-2-6-19(23)10-13-27-25(29)22-17-26(22)11-14-28(15-12-26)18-21-16-20-7-3-5-9-24(20)31-21/h2-9,16,22H,10-15,17-18H2,1H3,(H,27,29)/t22-/m1/s1. The minimum Gasteiger partial charge on any atom is -0.496 e. The lowest BCUT2D eigenvalue weighted by Gasteiger charge is -2.32. The molecule has 1 aliphatic heterocycles. The van der Waals surface area contributed by atoms with E-state index in [1.54, 1.807) is 7.11 Å². The van der Waals surface area contributed by atoms with Crippen LogP contribution in [0.5, 0.6) is 5.75 Å². The summed E-state index contributed by atoms with van der Waals surface area (Å²) in [5, 5.41) is 4.32. The second kappa shape index (κ2) is 8.39. The van der Waals surface area contributed by atoms with Gasteiger partial charge in [0.15, 0.2) is 0 Å². The zero-order chi connectivity index (χ0) is 21.3. The summed E-state index contributed by atoms with van der Waals surface area (Å²) in [5.41, 5.74) is 2.31. The van der Waals surface area contributed by atoms with Crippen molar-refractivity contribution >= 4 is 16.9 Å². The molecule has 1 N–H and O–H groups in total. The van der Waals surface area contributed by atoms with E-state index in [9.17, 15) is 4.79 Å². The van der Waals surface area contributed by atoms with Gasteiger partial charge in [0.25, 0.3) is 0 Å². The molecule has 1 amide bonds. The van der Waals surface area contributed by atoms with Crippen molar-refractivity contribution in [2.24, 2.45) is 11.3 Å². The van der Waals surface area contributed by atoms with Crippen LogP contribution >= 0.6 is 0 Å². The summed E-state index contributed by atoms with van der Waals surface area (Å²) >= 11 is 0. The van der Waals surface area contributed by atoms with Crippen molar-refractivity contribution in [1.29, 1.82) is 0 Å². The van der Waals surface area contributed by atoms with Gasteiger partial charge < -0.3 is 14.5 Å². The average molecular weight is 419 g/mol. The van der Waals surface area contributed by atoms with Gasteiger partial charge in [-0.3, -0.25) is 9.69 Å². The number of carbonyl (C=O) groups excluding carboxylic acids is 1. The first-order chi connectivity index (χ1) is 15.2. The normalized spacial score (nSPS) is 20.1. The van der Waals surface area contributed by atoms with Crippen LogP contribution in [0.15, 0.2) is 59.0 Å². The second-order valence-corrected chi connectivity index (χ2v) is 9.00. The van der Waals surface area contributed by atoms with Crippen molar-refractivity contribution in [3.63, 3.8) is 0 Å². The van der Waals surface area contributed by atoms with E-state index >= 15 is 0 Å². The van der Waals surface area contributed by atoms with Crippen LogP contribution < -0.4 is 10.1 Å². The van der Waals surface area contributed by atoms with Crippen LogP contribution in [0, 0.1) is 11.3 Å². The summed E-state index contributed by atoms with van der Waals surface area (Å²) in [7, 11) is 1.69. The highest BCUT2D eigenvalue weighted by Gasteiger charge is 2.58. The molecule has 1 atom stereocenters. The number of carbonyl (C=O) groups is 1. The molecule has 2 fully saturated rings. The molecule has 1 aromatic heterocycles. The Bertz CT molecular complexity index is 1030. The number of nitrogens with zero attached hydrogens (tertiary/aromatic N) is 1. The second-order valence-electron chi connectivity index (χ2n) is 9.00. The first-order valence-electron chi connectivity index (χ1n) is 11.3. The van der Waals surface area contributed by atoms with Crippen LogP contribution in [0.25, 0.3) is 11.0 Å². The minimum atomic E-state index is 0.179. The first kappa shape index (κ1) is 20.1. The average Bonchev–Trinajstić information content (AvgIpc) is 3.34. The molecule has 2 heterocycles. The maximum atomic E-state index is 12.7. The fourth-order valence-electron chi connectivity index (χ4n) is 5.12. The maximum Gasteiger partial charge on any atom is 0.223 e. The molecule has 1 saturated heterocycles. The van der Waals surface area contributed by atoms with Gasteiger partial charge in [0.05, 0.1) is 13.7 Å². The number of nitrogens with one attached hydrogen (secondary N) is 1. The van der Waals surface area contributed by atoms with E-state index in [0.29, 0.717) is 6.54 Å². The molecular formula is C26H30N2O3. The molecule has 2 aromatic carbocycles. The van der Waals surface area contributed by atoms with Crippen molar-refractivity contribution in [3.05, 3.63) is 65.9 Å². The topological polar surface area (TPSA) is 54.7 Å². The summed E-state index contributed by atoms with van der Waals surface area (Å²) in [6.07, 6.45) is 4.02. The van der Waals surface area contributed by atoms with E-state index in [4.69, 9.17) is 9.15 Å². The summed E-state index contributed by atoms with van der Waals surface area (Å²) in [5.74, 6) is 2.31. The minimum absolute atomic E-state index is 0.179. The number of ether oxygens (including phenoxy) is 1. The lowest BCUT2D eigenvalue weighted by atomic mass is 9.90. The molecule has 2 aliphatic rings. The summed E-state index contributed by atoms with van der Waals surface area (Å²) in [6, 6.07) is 18.3. The molecule has 0 bridgehead atoms. The molecule has 5 nitrogen and oxygen atoms in total. The van der Waals surface area contributed by atoms with E-state index in [1.165, 1.54) is 0 Å². The van der Waals surface area contributed by atoms with Gasteiger partial charge in [-0.2, -0.15) is 0 Å². The predicted molar refractivity (Wildman–Crippen MR) is 121 cm³/mol. The molecule has 5 heteroatoms. The molecule has 5 rings (SSSR count). The van der Waals surface area contributed by atoms with E-state index in [1.807, 2.05) is 36.4 Å². The molecule has 3 aromatic rings. The summed E-state index contributed by atoms with van der Waals surface area (Å²) in [6.45, 7) is 3.56. The van der Waals surface area contributed by atoms with Crippen LogP contribution in [0.3, 0.4) is 0 Å². The number of para-hydroxylation sites is 2. The van der Waals surface area contributed by atoms with Crippen molar-refractivity contribution in [2.75, 3.05) is 26.7 Å². The van der Waals surface area contributed by atoms with Gasteiger partial charge in [-0.25, -0.2) is 0 Å². The van der Waals surface area contributed by atoms with Gasteiger partial charge in [0.2, 0.25) is 5.91 Å². The zero-order valence-corrected chi connectivity index (χ0v) is 18.1. The summed E-state index contributed by atoms with van der Waals surface area (Å²) < 4.78 is 11.4. The number of likely N-dealkylation sites (tertiary alicyclic amines) is 1. The largest absolute Gasteiger partial charge is 0.496 e. The van der Waals surface area contributed by atoms with Gasteiger partial charge in [0, 0.05) is 17.8 Å². The Morgan fingerprint density at radius 2 is 1.94 bits per heavy atom. The number of methoxy groups -OCH3 is 1. The number of benzene rings is 2. The van der Waals surface area contributed by atoms with E-state index in [2.05, 4.69) is 28.4 Å². The monoisotopic (exact) mass is 418 g/mol. The molecule has 1 aliphatic carbocycles. The number of hydrogen-bond donors (Lipinski definition) is 1. The lowest BCUT2D eigenvalue weighted by Crippen LogP contribution is -2.37. The van der Waals surface area contributed by atoms with Crippen molar-refractivity contribution in [3.8, 4) is 5.75 Å². The van der Waals surface area contributed by atoms with E-state index in [-0.39, 0.29) is 17.2 Å². The Hall–Kier alpha value is -2.79. The maximum absolute atomic E-state index is 12.7. The van der Waals surface area contributed by atoms with Crippen LogP contribution in [0.2, 0.25) is 0 Å². The highest BCUT2D eigenvalue weighted by Crippen LogP contribution is 2.59. The Morgan fingerprint density at radius 1 is 1.16 bits per heavy atom. The Balaban J connectivity index is 1.09. The molecule has 1 spiro atoms. The quantitative estimate of drug-likeness (QED) is 0.618. The number of amides is 1. The highest BCUT2D eigenvalue weighted by molar-refractivity contribution is 5.82.